The van der Waals surface area contributed by atoms with Gasteiger partial charge in [-0.3, -0.25) is 0 Å². The fraction of sp³-hybridized carbons (Fsp3) is 0.143. The van der Waals surface area contributed by atoms with Crippen LogP contribution >= 0.6 is 22.4 Å². The Morgan fingerprint density at radius 3 is 2.54 bits per heavy atom. The monoisotopic (exact) mass is 238 g/mol. The second kappa shape index (κ2) is 3.77. The molecule has 0 unspecified atom stereocenters. The fourth-order valence-corrected chi connectivity index (χ4v) is 2.29. The molecule has 1 aromatic rings. The van der Waals surface area contributed by atoms with E-state index in [-0.39, 0.29) is 10.6 Å². The third-order valence-corrected chi connectivity index (χ3v) is 3.51. The molecular weight excluding hydrogens is 232 g/mol. The normalized spacial score (nSPS) is 11.5. The lowest BCUT2D eigenvalue weighted by atomic mass is 10.3. The van der Waals surface area contributed by atoms with Gasteiger partial charge in [0.2, 0.25) is 0 Å². The largest absolute Gasteiger partial charge is 0.507 e. The summed E-state index contributed by atoms with van der Waals surface area (Å²) in [4.78, 5) is 0.484. The summed E-state index contributed by atoms with van der Waals surface area (Å²) in [6.07, 6.45) is 1.80. The third-order valence-electron chi connectivity index (χ3n) is 1.43. The Bertz CT molecular complexity index is 414. The lowest BCUT2D eigenvalue weighted by Crippen LogP contribution is -1.91. The Balaban J connectivity index is 3.36. The van der Waals surface area contributed by atoms with Crippen molar-refractivity contribution < 1.29 is 13.5 Å². The van der Waals surface area contributed by atoms with Crippen LogP contribution in [0.1, 0.15) is 0 Å². The molecule has 13 heavy (non-hydrogen) atoms. The topological polar surface area (TPSA) is 54.4 Å². The van der Waals surface area contributed by atoms with Crippen LogP contribution in [0.25, 0.3) is 0 Å². The van der Waals surface area contributed by atoms with E-state index >= 15 is 0 Å². The highest BCUT2D eigenvalue weighted by molar-refractivity contribution is 8.13. The minimum atomic E-state index is -3.86. The molecule has 1 rings (SSSR count). The highest BCUT2D eigenvalue weighted by atomic mass is 35.7. The number of hydrogen-bond acceptors (Lipinski definition) is 4. The summed E-state index contributed by atoms with van der Waals surface area (Å²) in [6, 6.07) is 4.26. The van der Waals surface area contributed by atoms with Crippen molar-refractivity contribution in [1.82, 2.24) is 0 Å². The first-order valence-electron chi connectivity index (χ1n) is 3.27. The molecule has 0 bridgehead atoms. The van der Waals surface area contributed by atoms with E-state index < -0.39 is 9.05 Å². The summed E-state index contributed by atoms with van der Waals surface area (Å²) >= 11 is 1.37. The summed E-state index contributed by atoms with van der Waals surface area (Å²) in [5.74, 6) is -0.326. The Labute approximate surface area is 85.1 Å². The maximum absolute atomic E-state index is 10.9. The van der Waals surface area contributed by atoms with Crippen molar-refractivity contribution in [2.45, 2.75) is 9.79 Å². The second-order valence-corrected chi connectivity index (χ2v) is 5.69. The summed E-state index contributed by atoms with van der Waals surface area (Å²) in [5, 5.41) is 9.19. The van der Waals surface area contributed by atoms with E-state index in [4.69, 9.17) is 10.7 Å². The first kappa shape index (κ1) is 10.7. The van der Waals surface area contributed by atoms with Crippen molar-refractivity contribution in [3.8, 4) is 5.75 Å². The molecule has 0 aliphatic carbocycles. The molecule has 0 radical (unpaired) electrons. The highest BCUT2D eigenvalue weighted by Gasteiger charge is 2.15. The van der Waals surface area contributed by atoms with Gasteiger partial charge in [-0.15, -0.1) is 11.8 Å². The molecule has 0 aliphatic heterocycles. The van der Waals surface area contributed by atoms with Crippen molar-refractivity contribution in [1.29, 1.82) is 0 Å². The van der Waals surface area contributed by atoms with Crippen molar-refractivity contribution in [2.24, 2.45) is 0 Å². The van der Waals surface area contributed by atoms with Crippen LogP contribution in [0.5, 0.6) is 5.75 Å². The minimum absolute atomic E-state index is 0.249. The SMILES string of the molecule is CSc1ccc(O)c(S(=O)(=O)Cl)c1. The molecule has 1 aromatic carbocycles. The van der Waals surface area contributed by atoms with Gasteiger partial charge in [0.1, 0.15) is 10.6 Å². The third kappa shape index (κ3) is 2.52. The zero-order chi connectivity index (χ0) is 10.1. The molecule has 6 heteroatoms. The molecule has 0 amide bonds. The van der Waals surface area contributed by atoms with Gasteiger partial charge in [-0.25, -0.2) is 8.42 Å². The number of rotatable bonds is 2. The molecule has 0 saturated carbocycles. The number of halogens is 1. The van der Waals surface area contributed by atoms with Crippen LogP contribution in [0.2, 0.25) is 0 Å². The van der Waals surface area contributed by atoms with Gasteiger partial charge in [0, 0.05) is 15.6 Å². The molecule has 0 atom stereocenters. The van der Waals surface area contributed by atoms with Gasteiger partial charge in [0.15, 0.2) is 0 Å². The predicted molar refractivity (Wildman–Crippen MR) is 52.9 cm³/mol. The van der Waals surface area contributed by atoms with E-state index in [2.05, 4.69) is 0 Å². The number of phenolic OH excluding ortho intramolecular Hbond substituents is 1. The standard InChI is InChI=1S/C7H7ClO3S2/c1-12-5-2-3-6(9)7(4-5)13(8,10)11/h2-4,9H,1H3. The van der Waals surface area contributed by atoms with E-state index in [1.54, 1.807) is 12.3 Å². The Morgan fingerprint density at radius 1 is 1.46 bits per heavy atom. The van der Waals surface area contributed by atoms with Crippen LogP contribution in [0.3, 0.4) is 0 Å². The van der Waals surface area contributed by atoms with E-state index in [1.165, 1.54) is 23.9 Å². The number of benzene rings is 1. The summed E-state index contributed by atoms with van der Waals surface area (Å²) in [5.41, 5.74) is 0. The molecule has 0 fully saturated rings. The summed E-state index contributed by atoms with van der Waals surface area (Å²) in [6.45, 7) is 0. The van der Waals surface area contributed by atoms with Gasteiger partial charge in [0.25, 0.3) is 9.05 Å². The minimum Gasteiger partial charge on any atom is -0.507 e. The molecule has 3 nitrogen and oxygen atoms in total. The first-order chi connectivity index (χ1) is 5.95. The second-order valence-electron chi connectivity index (χ2n) is 2.27. The molecule has 0 heterocycles. The van der Waals surface area contributed by atoms with Gasteiger partial charge < -0.3 is 5.11 Å². The zero-order valence-corrected chi connectivity index (χ0v) is 9.08. The Morgan fingerprint density at radius 2 is 2.08 bits per heavy atom. The van der Waals surface area contributed by atoms with E-state index in [1.807, 2.05) is 0 Å². The van der Waals surface area contributed by atoms with E-state index in [0.29, 0.717) is 0 Å². The average Bonchev–Trinajstić information content (AvgIpc) is 2.03. The van der Waals surface area contributed by atoms with Gasteiger partial charge in [-0.1, -0.05) is 0 Å². The van der Waals surface area contributed by atoms with Crippen LogP contribution in [0, 0.1) is 0 Å². The number of thioether (sulfide) groups is 1. The molecule has 0 aromatic heterocycles. The van der Waals surface area contributed by atoms with Gasteiger partial charge in [-0.05, 0) is 24.5 Å². The van der Waals surface area contributed by atoms with Gasteiger partial charge >= 0.3 is 0 Å². The van der Waals surface area contributed by atoms with Crippen LogP contribution in [-0.2, 0) is 9.05 Å². The van der Waals surface area contributed by atoms with Crippen LogP contribution in [-0.4, -0.2) is 19.8 Å². The zero-order valence-electron chi connectivity index (χ0n) is 6.69. The summed E-state index contributed by atoms with van der Waals surface area (Å²) in [7, 11) is 1.24. The maximum atomic E-state index is 10.9. The van der Waals surface area contributed by atoms with Crippen LogP contribution in [0.4, 0.5) is 0 Å². The lowest BCUT2D eigenvalue weighted by Gasteiger charge is -2.02. The summed E-state index contributed by atoms with van der Waals surface area (Å²) < 4.78 is 21.8. The van der Waals surface area contributed by atoms with Crippen molar-refractivity contribution in [3.05, 3.63) is 18.2 Å². The van der Waals surface area contributed by atoms with Crippen LogP contribution in [0.15, 0.2) is 28.0 Å². The van der Waals surface area contributed by atoms with Gasteiger partial charge in [-0.2, -0.15) is 0 Å². The molecule has 0 spiro atoms. The predicted octanol–water partition coefficient (Wildman–Crippen LogP) is 2.04. The smallest absolute Gasteiger partial charge is 0.265 e. The first-order valence-corrected chi connectivity index (χ1v) is 6.80. The van der Waals surface area contributed by atoms with Crippen LogP contribution < -0.4 is 0 Å². The average molecular weight is 239 g/mol. The lowest BCUT2D eigenvalue weighted by molar-refractivity contribution is 0.459. The fourth-order valence-electron chi connectivity index (χ4n) is 0.817. The Hall–Kier alpha value is -0.390. The van der Waals surface area contributed by atoms with Gasteiger partial charge in [0.05, 0.1) is 0 Å². The number of hydrogen-bond donors (Lipinski definition) is 1. The van der Waals surface area contributed by atoms with Crippen molar-refractivity contribution >= 4 is 31.5 Å². The Kier molecular flexibility index (Phi) is 3.10. The number of phenols is 1. The number of aromatic hydroxyl groups is 1. The molecule has 0 aliphatic rings. The van der Waals surface area contributed by atoms with Crippen molar-refractivity contribution in [3.63, 3.8) is 0 Å². The molecule has 1 N–H and O–H groups in total. The van der Waals surface area contributed by atoms with E-state index in [0.717, 1.165) is 4.90 Å². The molecule has 0 saturated heterocycles. The van der Waals surface area contributed by atoms with E-state index in [9.17, 15) is 13.5 Å². The molecule has 72 valence electrons. The quantitative estimate of drug-likeness (QED) is 0.633. The maximum Gasteiger partial charge on any atom is 0.265 e. The van der Waals surface area contributed by atoms with Crippen molar-refractivity contribution in [2.75, 3.05) is 6.26 Å². The highest BCUT2D eigenvalue weighted by Crippen LogP contribution is 2.29. The molecular formula is C7H7ClO3S2.